The molecule has 1 unspecified atom stereocenters. The first-order valence-electron chi connectivity index (χ1n) is 7.13. The minimum absolute atomic E-state index is 0.0896. The van der Waals surface area contributed by atoms with Crippen molar-refractivity contribution in [3.05, 3.63) is 41.5 Å². The number of hydrogen-bond donors (Lipinski definition) is 2. The first kappa shape index (κ1) is 14.1. The molecule has 1 aliphatic rings. The Morgan fingerprint density at radius 3 is 3.14 bits per heavy atom. The Morgan fingerprint density at radius 1 is 1.55 bits per heavy atom. The summed E-state index contributed by atoms with van der Waals surface area (Å²) in [6.45, 7) is 1.30. The van der Waals surface area contributed by atoms with Gasteiger partial charge in [0.1, 0.15) is 11.8 Å². The van der Waals surface area contributed by atoms with Gasteiger partial charge in [-0.1, -0.05) is 0 Å². The van der Waals surface area contributed by atoms with Crippen LogP contribution in [0.15, 0.2) is 24.5 Å². The van der Waals surface area contributed by atoms with Crippen molar-refractivity contribution >= 4 is 11.9 Å². The topological polar surface area (TPSA) is 112 Å². The van der Waals surface area contributed by atoms with Crippen LogP contribution in [0.3, 0.4) is 0 Å². The third kappa shape index (κ3) is 2.76. The summed E-state index contributed by atoms with van der Waals surface area (Å²) < 4.78 is 0. The van der Waals surface area contributed by atoms with E-state index in [1.807, 2.05) is 12.1 Å². The maximum Gasteiger partial charge on any atom is 0.270 e. The van der Waals surface area contributed by atoms with Crippen LogP contribution in [0.4, 0.5) is 5.95 Å². The number of carbonyl (C=O) groups is 1. The number of hydrogen-bond acceptors (Lipinski definition) is 5. The highest BCUT2D eigenvalue weighted by molar-refractivity contribution is 5.93. The van der Waals surface area contributed by atoms with Crippen LogP contribution in [0.2, 0.25) is 0 Å². The van der Waals surface area contributed by atoms with E-state index in [9.17, 15) is 4.79 Å². The van der Waals surface area contributed by atoms with Gasteiger partial charge >= 0.3 is 0 Å². The number of nitriles is 1. The molecule has 1 fully saturated rings. The highest BCUT2D eigenvalue weighted by atomic mass is 16.2. The second-order valence-electron chi connectivity index (χ2n) is 5.34. The normalized spacial score (nSPS) is 18.0. The van der Waals surface area contributed by atoms with Crippen LogP contribution in [-0.4, -0.2) is 38.8 Å². The van der Waals surface area contributed by atoms with Gasteiger partial charge in [-0.3, -0.25) is 4.79 Å². The van der Waals surface area contributed by atoms with Crippen molar-refractivity contribution in [1.29, 1.82) is 5.26 Å². The number of anilines is 1. The minimum atomic E-state index is -0.0896. The van der Waals surface area contributed by atoms with Crippen molar-refractivity contribution in [2.24, 2.45) is 0 Å². The quantitative estimate of drug-likeness (QED) is 0.867. The molecule has 3 rings (SSSR count). The van der Waals surface area contributed by atoms with Gasteiger partial charge < -0.3 is 15.6 Å². The van der Waals surface area contributed by atoms with E-state index in [1.165, 1.54) is 0 Å². The number of piperidine rings is 1. The van der Waals surface area contributed by atoms with E-state index in [4.69, 9.17) is 11.0 Å². The first-order chi connectivity index (χ1) is 10.7. The Bertz CT molecular complexity index is 732. The number of nitrogens with zero attached hydrogens (tertiary/aromatic N) is 4. The lowest BCUT2D eigenvalue weighted by Gasteiger charge is -2.32. The average Bonchev–Trinajstić information content (AvgIpc) is 3.03. The van der Waals surface area contributed by atoms with Crippen LogP contribution in [0.1, 0.15) is 40.5 Å². The Balaban J connectivity index is 1.75. The summed E-state index contributed by atoms with van der Waals surface area (Å²) in [7, 11) is 0. The van der Waals surface area contributed by atoms with E-state index in [-0.39, 0.29) is 17.8 Å². The summed E-state index contributed by atoms with van der Waals surface area (Å²) >= 11 is 0. The molecule has 3 heterocycles. The number of nitrogen functional groups attached to an aromatic ring is 1. The van der Waals surface area contributed by atoms with Crippen LogP contribution in [0.25, 0.3) is 0 Å². The van der Waals surface area contributed by atoms with Crippen LogP contribution >= 0.6 is 0 Å². The second kappa shape index (κ2) is 5.85. The van der Waals surface area contributed by atoms with Crippen molar-refractivity contribution in [1.82, 2.24) is 19.9 Å². The largest absolute Gasteiger partial charge is 0.368 e. The van der Waals surface area contributed by atoms with E-state index in [0.29, 0.717) is 24.3 Å². The third-order valence-electron chi connectivity index (χ3n) is 3.87. The molecule has 0 saturated carbocycles. The summed E-state index contributed by atoms with van der Waals surface area (Å²) in [5.74, 6) is 0.325. The number of nitrogens with one attached hydrogen (secondary N) is 1. The molecule has 1 atom stereocenters. The zero-order valence-electron chi connectivity index (χ0n) is 12.0. The van der Waals surface area contributed by atoms with Gasteiger partial charge in [-0.15, -0.1) is 0 Å². The van der Waals surface area contributed by atoms with Gasteiger partial charge in [-0.25, -0.2) is 9.97 Å². The number of H-pyrrole nitrogens is 1. The summed E-state index contributed by atoms with van der Waals surface area (Å²) in [6.07, 6.45) is 5.06. The monoisotopic (exact) mass is 296 g/mol. The molecule has 0 aliphatic carbocycles. The highest BCUT2D eigenvalue weighted by Crippen LogP contribution is 2.26. The van der Waals surface area contributed by atoms with Crippen molar-refractivity contribution in [2.75, 3.05) is 18.8 Å². The van der Waals surface area contributed by atoms with Crippen molar-refractivity contribution in [3.63, 3.8) is 0 Å². The van der Waals surface area contributed by atoms with Gasteiger partial charge in [0.15, 0.2) is 0 Å². The van der Waals surface area contributed by atoms with E-state index in [2.05, 4.69) is 15.0 Å². The Labute approximate surface area is 127 Å². The molecule has 0 bridgehead atoms. The van der Waals surface area contributed by atoms with Crippen molar-refractivity contribution < 1.29 is 4.79 Å². The Kier molecular flexibility index (Phi) is 3.74. The molecule has 3 N–H and O–H groups in total. The molecular weight excluding hydrogens is 280 g/mol. The number of carbonyl (C=O) groups excluding carboxylic acids is 1. The Morgan fingerprint density at radius 2 is 2.41 bits per heavy atom. The van der Waals surface area contributed by atoms with Gasteiger partial charge in [0.05, 0.1) is 11.3 Å². The molecule has 0 spiro atoms. The second-order valence-corrected chi connectivity index (χ2v) is 5.34. The molecule has 2 aromatic heterocycles. The van der Waals surface area contributed by atoms with Crippen molar-refractivity contribution in [2.45, 2.75) is 18.8 Å². The van der Waals surface area contributed by atoms with E-state index in [0.717, 1.165) is 18.5 Å². The fourth-order valence-corrected chi connectivity index (χ4v) is 2.77. The molecule has 0 radical (unpaired) electrons. The van der Waals surface area contributed by atoms with Gasteiger partial charge in [0.2, 0.25) is 5.95 Å². The van der Waals surface area contributed by atoms with Gasteiger partial charge in [0.25, 0.3) is 5.91 Å². The molecule has 7 nitrogen and oxygen atoms in total. The number of aromatic nitrogens is 3. The number of aromatic amines is 1. The average molecular weight is 296 g/mol. The van der Waals surface area contributed by atoms with E-state index in [1.54, 1.807) is 23.4 Å². The summed E-state index contributed by atoms with van der Waals surface area (Å²) in [5, 5.41) is 8.84. The fourth-order valence-electron chi connectivity index (χ4n) is 2.77. The van der Waals surface area contributed by atoms with Crippen LogP contribution < -0.4 is 5.73 Å². The molecule has 22 heavy (non-hydrogen) atoms. The molecule has 2 aromatic rings. The summed E-state index contributed by atoms with van der Waals surface area (Å²) in [4.78, 5) is 25.3. The Hall–Kier alpha value is -2.88. The minimum Gasteiger partial charge on any atom is -0.368 e. The fraction of sp³-hybridized carbons (Fsp3) is 0.333. The molecule has 1 aliphatic heterocycles. The van der Waals surface area contributed by atoms with E-state index >= 15 is 0 Å². The number of amides is 1. The molecule has 0 aromatic carbocycles. The lowest BCUT2D eigenvalue weighted by atomic mass is 9.94. The highest BCUT2D eigenvalue weighted by Gasteiger charge is 2.27. The summed E-state index contributed by atoms with van der Waals surface area (Å²) in [5.41, 5.74) is 7.40. The molecule has 112 valence electrons. The van der Waals surface area contributed by atoms with Crippen LogP contribution in [0.5, 0.6) is 0 Å². The predicted molar refractivity (Wildman–Crippen MR) is 79.8 cm³/mol. The molecule has 1 amide bonds. The maximum atomic E-state index is 12.5. The number of nitrogens with two attached hydrogens (primary N) is 1. The van der Waals surface area contributed by atoms with Crippen molar-refractivity contribution in [3.8, 4) is 6.07 Å². The van der Waals surface area contributed by atoms with Gasteiger partial charge in [0, 0.05) is 31.4 Å². The van der Waals surface area contributed by atoms with Gasteiger partial charge in [-0.05, 0) is 25.0 Å². The lowest BCUT2D eigenvalue weighted by molar-refractivity contribution is 0.0700. The molecule has 1 saturated heterocycles. The zero-order chi connectivity index (χ0) is 15.5. The van der Waals surface area contributed by atoms with E-state index < -0.39 is 0 Å². The SMILES string of the molecule is N#Cc1c[nH]c(C(=O)N2CCCC(c3ccnc(N)n3)C2)c1. The maximum absolute atomic E-state index is 12.5. The smallest absolute Gasteiger partial charge is 0.270 e. The molecular formula is C15H16N6O. The zero-order valence-corrected chi connectivity index (χ0v) is 12.0. The number of likely N-dealkylation sites (tertiary alicyclic amines) is 1. The number of rotatable bonds is 2. The van der Waals surface area contributed by atoms with Crippen LogP contribution in [0, 0.1) is 11.3 Å². The van der Waals surface area contributed by atoms with Crippen LogP contribution in [-0.2, 0) is 0 Å². The summed E-state index contributed by atoms with van der Waals surface area (Å²) in [6, 6.07) is 5.44. The standard InChI is InChI=1S/C15H16N6O/c16-7-10-6-13(19-8-10)14(22)21-5-1-2-11(9-21)12-3-4-18-15(17)20-12/h3-4,6,8,11,19H,1-2,5,9H2,(H2,17,18,20). The lowest BCUT2D eigenvalue weighted by Crippen LogP contribution is -2.39. The molecule has 7 heteroatoms. The predicted octanol–water partition coefficient (Wildman–Crippen LogP) is 1.28. The first-order valence-corrected chi connectivity index (χ1v) is 7.13. The third-order valence-corrected chi connectivity index (χ3v) is 3.87. The van der Waals surface area contributed by atoms with Gasteiger partial charge in [-0.2, -0.15) is 5.26 Å².